The summed E-state index contributed by atoms with van der Waals surface area (Å²) in [6.45, 7) is 12.0. The number of hydrogen-bond acceptors (Lipinski definition) is 3. The second-order valence-electron chi connectivity index (χ2n) is 5.30. The summed E-state index contributed by atoms with van der Waals surface area (Å²) in [6, 6.07) is 0.503. The van der Waals surface area contributed by atoms with Crippen molar-refractivity contribution in [2.75, 3.05) is 19.8 Å². The van der Waals surface area contributed by atoms with Gasteiger partial charge < -0.3 is 15.4 Å². The summed E-state index contributed by atoms with van der Waals surface area (Å²) >= 11 is 0. The average molecular weight is 244 g/mol. The molecule has 1 amide bonds. The summed E-state index contributed by atoms with van der Waals surface area (Å²) in [6.07, 6.45) is 1.85. The summed E-state index contributed by atoms with van der Waals surface area (Å²) in [5.41, 5.74) is -0.139. The summed E-state index contributed by atoms with van der Waals surface area (Å²) in [5.74, 6) is -0.0336. The maximum Gasteiger partial charge on any atom is 0.246 e. The van der Waals surface area contributed by atoms with Crippen molar-refractivity contribution in [2.24, 2.45) is 0 Å². The highest BCUT2D eigenvalue weighted by atomic mass is 16.5. The van der Waals surface area contributed by atoms with Crippen molar-refractivity contribution in [2.45, 2.75) is 59.0 Å². The first-order valence-corrected chi connectivity index (χ1v) is 6.49. The molecular formula is C13H28N2O2. The highest BCUT2D eigenvalue weighted by Gasteiger charge is 2.17. The Morgan fingerprint density at radius 2 is 2.00 bits per heavy atom. The molecule has 0 saturated heterocycles. The Kier molecular flexibility index (Phi) is 8.17. The normalized spacial score (nSPS) is 11.9. The largest absolute Gasteiger partial charge is 0.372 e. The van der Waals surface area contributed by atoms with Crippen molar-refractivity contribution in [3.05, 3.63) is 0 Å². The van der Waals surface area contributed by atoms with E-state index in [1.807, 2.05) is 13.8 Å². The molecule has 0 aromatic carbocycles. The van der Waals surface area contributed by atoms with Crippen molar-refractivity contribution in [3.63, 3.8) is 0 Å². The molecule has 0 aromatic heterocycles. The smallest absolute Gasteiger partial charge is 0.246 e. The summed E-state index contributed by atoms with van der Waals surface area (Å²) in [5, 5.41) is 6.24. The van der Waals surface area contributed by atoms with Crippen molar-refractivity contribution in [1.82, 2.24) is 10.6 Å². The van der Waals surface area contributed by atoms with E-state index >= 15 is 0 Å². The monoisotopic (exact) mass is 244 g/mol. The Morgan fingerprint density at radius 3 is 2.53 bits per heavy atom. The molecule has 0 fully saturated rings. The molecule has 102 valence electrons. The number of carbonyl (C=O) groups excluding carboxylic acids is 1. The molecule has 0 saturated carbocycles. The Morgan fingerprint density at radius 1 is 1.35 bits per heavy atom. The van der Waals surface area contributed by atoms with Crippen LogP contribution in [0, 0.1) is 0 Å². The number of nitrogens with one attached hydrogen (secondary N) is 2. The van der Waals surface area contributed by atoms with Crippen LogP contribution in [0.1, 0.15) is 47.5 Å². The highest BCUT2D eigenvalue weighted by molar-refractivity contribution is 5.77. The fraction of sp³-hybridized carbons (Fsp3) is 0.923. The van der Waals surface area contributed by atoms with E-state index in [0.29, 0.717) is 12.6 Å². The van der Waals surface area contributed by atoms with Crippen LogP contribution in [0.2, 0.25) is 0 Å². The Balaban J connectivity index is 3.46. The van der Waals surface area contributed by atoms with Gasteiger partial charge in [0.1, 0.15) is 6.61 Å². The van der Waals surface area contributed by atoms with E-state index in [1.54, 1.807) is 0 Å². The molecule has 17 heavy (non-hydrogen) atoms. The predicted octanol–water partition coefficient (Wildman–Crippen LogP) is 1.70. The van der Waals surface area contributed by atoms with Gasteiger partial charge in [-0.2, -0.15) is 0 Å². The molecule has 0 unspecified atom stereocenters. The number of rotatable bonds is 9. The third-order valence-electron chi connectivity index (χ3n) is 2.61. The zero-order valence-electron chi connectivity index (χ0n) is 11.9. The van der Waals surface area contributed by atoms with Crippen molar-refractivity contribution in [1.29, 1.82) is 0 Å². The van der Waals surface area contributed by atoms with E-state index in [1.165, 1.54) is 0 Å². The lowest BCUT2D eigenvalue weighted by atomic mass is 10.0. The van der Waals surface area contributed by atoms with Crippen LogP contribution >= 0.6 is 0 Å². The van der Waals surface area contributed by atoms with Gasteiger partial charge in [0, 0.05) is 18.2 Å². The Hall–Kier alpha value is -0.610. The molecule has 0 radical (unpaired) electrons. The summed E-state index contributed by atoms with van der Waals surface area (Å²) in [7, 11) is 0. The van der Waals surface area contributed by atoms with Gasteiger partial charge in [-0.15, -0.1) is 0 Å². The zero-order valence-corrected chi connectivity index (χ0v) is 11.9. The van der Waals surface area contributed by atoms with Crippen LogP contribution in [-0.2, 0) is 9.53 Å². The second kappa shape index (κ2) is 8.48. The fourth-order valence-corrected chi connectivity index (χ4v) is 1.23. The maximum absolute atomic E-state index is 11.5. The van der Waals surface area contributed by atoms with Gasteiger partial charge in [-0.1, -0.05) is 20.8 Å². The van der Waals surface area contributed by atoms with Crippen LogP contribution in [0.3, 0.4) is 0 Å². The molecule has 0 spiro atoms. The minimum Gasteiger partial charge on any atom is -0.372 e. The number of carbonyl (C=O) groups is 1. The molecule has 0 aliphatic rings. The average Bonchev–Trinajstić information content (AvgIpc) is 2.22. The molecular weight excluding hydrogens is 216 g/mol. The lowest BCUT2D eigenvalue weighted by molar-refractivity contribution is -0.127. The molecule has 0 aliphatic heterocycles. The number of ether oxygens (including phenoxy) is 1. The molecule has 0 atom stereocenters. The summed E-state index contributed by atoms with van der Waals surface area (Å²) in [4.78, 5) is 11.5. The van der Waals surface area contributed by atoms with Gasteiger partial charge in [0.25, 0.3) is 0 Å². The minimum atomic E-state index is -0.139. The van der Waals surface area contributed by atoms with Crippen LogP contribution in [0.5, 0.6) is 0 Å². The van der Waals surface area contributed by atoms with Crippen LogP contribution in [0.15, 0.2) is 0 Å². The first kappa shape index (κ1) is 16.4. The number of amides is 1. The predicted molar refractivity (Wildman–Crippen MR) is 71.1 cm³/mol. The van der Waals surface area contributed by atoms with Crippen molar-refractivity contribution in [3.8, 4) is 0 Å². The van der Waals surface area contributed by atoms with Gasteiger partial charge in [-0.3, -0.25) is 4.79 Å². The Bertz CT molecular complexity index is 215. The van der Waals surface area contributed by atoms with Gasteiger partial charge in [-0.05, 0) is 33.2 Å². The molecule has 0 rings (SSSR count). The van der Waals surface area contributed by atoms with Crippen molar-refractivity contribution >= 4 is 5.91 Å². The van der Waals surface area contributed by atoms with E-state index in [0.717, 1.165) is 19.4 Å². The molecule has 0 aromatic rings. The molecule has 4 heteroatoms. The SMILES string of the molecule is CCC(C)(C)NC(=O)COCCCNC(C)C. The molecule has 0 bridgehead atoms. The molecule has 2 N–H and O–H groups in total. The van der Waals surface area contributed by atoms with Crippen LogP contribution in [0.4, 0.5) is 0 Å². The lowest BCUT2D eigenvalue weighted by Gasteiger charge is -2.24. The van der Waals surface area contributed by atoms with Gasteiger partial charge in [0.05, 0.1) is 0 Å². The zero-order chi connectivity index (χ0) is 13.3. The van der Waals surface area contributed by atoms with E-state index < -0.39 is 0 Å². The third kappa shape index (κ3) is 10.3. The van der Waals surface area contributed by atoms with Gasteiger partial charge in [0.2, 0.25) is 5.91 Å². The third-order valence-corrected chi connectivity index (χ3v) is 2.61. The summed E-state index contributed by atoms with van der Waals surface area (Å²) < 4.78 is 5.32. The maximum atomic E-state index is 11.5. The van der Waals surface area contributed by atoms with Gasteiger partial charge in [0.15, 0.2) is 0 Å². The number of hydrogen-bond donors (Lipinski definition) is 2. The van der Waals surface area contributed by atoms with Crippen LogP contribution in [-0.4, -0.2) is 37.2 Å². The van der Waals surface area contributed by atoms with Crippen LogP contribution < -0.4 is 10.6 Å². The van der Waals surface area contributed by atoms with E-state index in [2.05, 4.69) is 31.4 Å². The minimum absolute atomic E-state index is 0.0336. The quantitative estimate of drug-likeness (QED) is 0.607. The van der Waals surface area contributed by atoms with E-state index in [4.69, 9.17) is 4.74 Å². The van der Waals surface area contributed by atoms with Gasteiger partial charge >= 0.3 is 0 Å². The van der Waals surface area contributed by atoms with Gasteiger partial charge in [-0.25, -0.2) is 0 Å². The molecule has 0 aliphatic carbocycles. The molecule has 0 heterocycles. The van der Waals surface area contributed by atoms with E-state index in [9.17, 15) is 4.79 Å². The van der Waals surface area contributed by atoms with E-state index in [-0.39, 0.29) is 18.1 Å². The van der Waals surface area contributed by atoms with Crippen LogP contribution in [0.25, 0.3) is 0 Å². The van der Waals surface area contributed by atoms with Crippen molar-refractivity contribution < 1.29 is 9.53 Å². The fourth-order valence-electron chi connectivity index (χ4n) is 1.23. The standard InChI is InChI=1S/C13H28N2O2/c1-6-13(4,5)15-12(16)10-17-9-7-8-14-11(2)3/h11,14H,6-10H2,1-5H3,(H,15,16). The second-order valence-corrected chi connectivity index (χ2v) is 5.30. The topological polar surface area (TPSA) is 50.4 Å². The lowest BCUT2D eigenvalue weighted by Crippen LogP contribution is -2.44. The molecule has 4 nitrogen and oxygen atoms in total. The highest BCUT2D eigenvalue weighted by Crippen LogP contribution is 2.06. The Labute approximate surface area is 105 Å². The first-order chi connectivity index (χ1) is 7.87. The first-order valence-electron chi connectivity index (χ1n) is 6.49.